The first-order valence-electron chi connectivity index (χ1n) is 8.13. The number of nitrogens with zero attached hydrogens (tertiary/aromatic N) is 2. The number of anilines is 1. The number of benzene rings is 1. The van der Waals surface area contributed by atoms with Gasteiger partial charge in [0.05, 0.1) is 0 Å². The summed E-state index contributed by atoms with van der Waals surface area (Å²) in [5.74, 6) is -0.0845. The molecule has 0 spiro atoms. The van der Waals surface area contributed by atoms with Gasteiger partial charge in [0.25, 0.3) is 0 Å². The highest BCUT2D eigenvalue weighted by atomic mass is 32.2. The average molecular weight is 363 g/mol. The fourth-order valence-corrected chi connectivity index (χ4v) is 5.06. The summed E-state index contributed by atoms with van der Waals surface area (Å²) >= 11 is 0. The van der Waals surface area contributed by atoms with Gasteiger partial charge in [-0.3, -0.25) is 4.79 Å². The molecule has 0 saturated carbocycles. The quantitative estimate of drug-likeness (QED) is 0.900. The Kier molecular flexibility index (Phi) is 4.66. The van der Waals surface area contributed by atoms with Gasteiger partial charge >= 0.3 is 0 Å². The second kappa shape index (κ2) is 6.61. The van der Waals surface area contributed by atoms with Gasteiger partial charge < -0.3 is 9.84 Å². The Morgan fingerprint density at radius 1 is 1.24 bits per heavy atom. The zero-order valence-corrected chi connectivity index (χ0v) is 15.3. The molecule has 0 radical (unpaired) electrons. The highest BCUT2D eigenvalue weighted by Crippen LogP contribution is 2.30. The summed E-state index contributed by atoms with van der Waals surface area (Å²) in [4.78, 5) is 12.7. The molecule has 25 heavy (non-hydrogen) atoms. The first-order valence-corrected chi connectivity index (χ1v) is 9.57. The van der Waals surface area contributed by atoms with Crippen LogP contribution in [0.5, 0.6) is 0 Å². The van der Waals surface area contributed by atoms with Crippen molar-refractivity contribution in [2.45, 2.75) is 44.6 Å². The van der Waals surface area contributed by atoms with Crippen molar-refractivity contribution in [1.82, 2.24) is 9.46 Å². The van der Waals surface area contributed by atoms with E-state index in [0.717, 1.165) is 5.56 Å². The zero-order valence-electron chi connectivity index (χ0n) is 14.4. The molecule has 3 rings (SSSR count). The maximum atomic E-state index is 13.0. The lowest BCUT2D eigenvalue weighted by Crippen LogP contribution is -2.43. The van der Waals surface area contributed by atoms with E-state index in [0.29, 0.717) is 30.8 Å². The van der Waals surface area contributed by atoms with Crippen LogP contribution in [0.25, 0.3) is 0 Å². The van der Waals surface area contributed by atoms with E-state index in [1.54, 1.807) is 26.0 Å². The van der Waals surface area contributed by atoms with Crippen LogP contribution in [0.15, 0.2) is 33.7 Å². The first kappa shape index (κ1) is 17.6. The Hall–Kier alpha value is -2.19. The topological polar surface area (TPSA) is 92.5 Å². The van der Waals surface area contributed by atoms with Gasteiger partial charge in [-0.25, -0.2) is 8.42 Å². The molecule has 0 unspecified atom stereocenters. The normalized spacial score (nSPS) is 18.4. The van der Waals surface area contributed by atoms with E-state index >= 15 is 0 Å². The maximum Gasteiger partial charge on any atom is 0.249 e. The van der Waals surface area contributed by atoms with Crippen LogP contribution in [0.2, 0.25) is 0 Å². The van der Waals surface area contributed by atoms with Crippen LogP contribution in [0.3, 0.4) is 0 Å². The number of hydrogen-bond acceptors (Lipinski definition) is 5. The third kappa shape index (κ3) is 3.32. The maximum absolute atomic E-state index is 13.0. The molecule has 1 aromatic heterocycles. The molecule has 1 N–H and O–H groups in total. The van der Waals surface area contributed by atoms with Gasteiger partial charge in [-0.2, -0.15) is 4.31 Å². The molecule has 1 aliphatic rings. The van der Waals surface area contributed by atoms with Crippen molar-refractivity contribution in [3.8, 4) is 0 Å². The van der Waals surface area contributed by atoms with E-state index in [9.17, 15) is 13.2 Å². The van der Waals surface area contributed by atoms with Gasteiger partial charge in [-0.1, -0.05) is 22.9 Å². The smallest absolute Gasteiger partial charge is 0.249 e. The molecule has 1 atom stereocenters. The molecule has 1 saturated heterocycles. The number of rotatable bonds is 4. The van der Waals surface area contributed by atoms with Crippen molar-refractivity contribution in [3.05, 3.63) is 41.3 Å². The van der Waals surface area contributed by atoms with Crippen LogP contribution in [0.1, 0.15) is 29.9 Å². The standard InChI is InChI=1S/C17H21N3O4S/c1-11-6-8-14(9-7-11)18-17(21)15-5-4-10-20(15)25(22,23)16-12(2)19-24-13(16)3/h6-9,15H,4-5,10H2,1-3H3,(H,18,21)/t15-/m0/s1. The van der Waals surface area contributed by atoms with Crippen LogP contribution in [-0.4, -0.2) is 36.4 Å². The van der Waals surface area contributed by atoms with Crippen molar-refractivity contribution >= 4 is 21.6 Å². The molecule has 7 nitrogen and oxygen atoms in total. The van der Waals surface area contributed by atoms with Gasteiger partial charge in [0.1, 0.15) is 16.6 Å². The lowest BCUT2D eigenvalue weighted by atomic mass is 10.2. The van der Waals surface area contributed by atoms with Crippen LogP contribution >= 0.6 is 0 Å². The van der Waals surface area contributed by atoms with E-state index in [1.807, 2.05) is 19.1 Å². The third-order valence-electron chi connectivity index (χ3n) is 4.36. The Labute approximate surface area is 147 Å². The van der Waals surface area contributed by atoms with E-state index in [4.69, 9.17) is 4.52 Å². The van der Waals surface area contributed by atoms with Crippen LogP contribution in [0.4, 0.5) is 5.69 Å². The monoisotopic (exact) mass is 363 g/mol. The summed E-state index contributed by atoms with van der Waals surface area (Å²) in [6.45, 7) is 5.41. The predicted molar refractivity (Wildman–Crippen MR) is 92.7 cm³/mol. The Balaban J connectivity index is 1.85. The first-order chi connectivity index (χ1) is 11.8. The van der Waals surface area contributed by atoms with Crippen molar-refractivity contribution in [3.63, 3.8) is 0 Å². The lowest BCUT2D eigenvalue weighted by Gasteiger charge is -2.23. The molecule has 1 aliphatic heterocycles. The minimum absolute atomic E-state index is 0.0579. The van der Waals surface area contributed by atoms with Crippen LogP contribution < -0.4 is 5.32 Å². The van der Waals surface area contributed by atoms with Crippen molar-refractivity contribution in [2.75, 3.05) is 11.9 Å². The SMILES string of the molecule is Cc1ccc(NC(=O)[C@@H]2CCCN2S(=O)(=O)c2c(C)noc2C)cc1. The molecule has 0 bridgehead atoms. The summed E-state index contributed by atoms with van der Waals surface area (Å²) in [7, 11) is -3.83. The molecule has 1 aromatic carbocycles. The summed E-state index contributed by atoms with van der Waals surface area (Å²) in [6.07, 6.45) is 1.12. The molecule has 134 valence electrons. The predicted octanol–water partition coefficient (Wildman–Crippen LogP) is 2.39. The number of aryl methyl sites for hydroxylation is 3. The number of sulfonamides is 1. The minimum Gasteiger partial charge on any atom is -0.360 e. The Bertz CT molecular complexity index is 868. The summed E-state index contributed by atoms with van der Waals surface area (Å²) in [6, 6.07) is 6.65. The van der Waals surface area contributed by atoms with Gasteiger partial charge in [-0.15, -0.1) is 0 Å². The molecule has 0 aliphatic carbocycles. The lowest BCUT2D eigenvalue weighted by molar-refractivity contribution is -0.119. The van der Waals surface area contributed by atoms with Crippen molar-refractivity contribution in [2.24, 2.45) is 0 Å². The van der Waals surface area contributed by atoms with Crippen LogP contribution in [0, 0.1) is 20.8 Å². The van der Waals surface area contributed by atoms with E-state index < -0.39 is 16.1 Å². The van der Waals surface area contributed by atoms with Gasteiger partial charge in [-0.05, 0) is 45.7 Å². The highest BCUT2D eigenvalue weighted by Gasteiger charge is 2.41. The highest BCUT2D eigenvalue weighted by molar-refractivity contribution is 7.89. The van der Waals surface area contributed by atoms with E-state index in [1.165, 1.54) is 4.31 Å². The van der Waals surface area contributed by atoms with Crippen LogP contribution in [-0.2, 0) is 14.8 Å². The molecular formula is C17H21N3O4S. The number of carbonyl (C=O) groups is 1. The van der Waals surface area contributed by atoms with E-state index in [-0.39, 0.29) is 16.6 Å². The molecule has 2 heterocycles. The number of aromatic nitrogens is 1. The van der Waals surface area contributed by atoms with E-state index in [2.05, 4.69) is 10.5 Å². The fraction of sp³-hybridized carbons (Fsp3) is 0.412. The third-order valence-corrected chi connectivity index (χ3v) is 6.51. The number of carbonyl (C=O) groups excluding carboxylic acids is 1. The molecule has 2 aromatic rings. The average Bonchev–Trinajstić information content (AvgIpc) is 3.17. The summed E-state index contributed by atoms with van der Waals surface area (Å²) in [5, 5.41) is 6.52. The minimum atomic E-state index is -3.83. The molecule has 1 fully saturated rings. The molecular weight excluding hydrogens is 342 g/mol. The summed E-state index contributed by atoms with van der Waals surface area (Å²) in [5.41, 5.74) is 2.04. The number of nitrogens with one attached hydrogen (secondary N) is 1. The molecule has 1 amide bonds. The number of hydrogen-bond donors (Lipinski definition) is 1. The molecule has 8 heteroatoms. The Morgan fingerprint density at radius 3 is 2.52 bits per heavy atom. The van der Waals surface area contributed by atoms with Gasteiger partial charge in [0.2, 0.25) is 15.9 Å². The van der Waals surface area contributed by atoms with Gasteiger partial charge in [0.15, 0.2) is 5.76 Å². The summed E-state index contributed by atoms with van der Waals surface area (Å²) < 4.78 is 32.2. The van der Waals surface area contributed by atoms with Crippen molar-refractivity contribution < 1.29 is 17.7 Å². The fourth-order valence-electron chi connectivity index (χ4n) is 3.11. The Morgan fingerprint density at radius 2 is 1.92 bits per heavy atom. The zero-order chi connectivity index (χ0) is 18.2. The van der Waals surface area contributed by atoms with Gasteiger partial charge in [0, 0.05) is 12.2 Å². The largest absolute Gasteiger partial charge is 0.360 e. The van der Waals surface area contributed by atoms with Crippen molar-refractivity contribution in [1.29, 1.82) is 0 Å². The number of amides is 1. The second-order valence-corrected chi connectivity index (χ2v) is 8.11. The second-order valence-electron chi connectivity index (χ2n) is 6.28.